The number of hydrogen-bond acceptors (Lipinski definition) is 4. The molecule has 0 aliphatic carbocycles. The van der Waals surface area contributed by atoms with Crippen molar-refractivity contribution in [1.82, 2.24) is 14.7 Å². The SMILES string of the molecule is CN1CC(=O)N(CCCC(=O)N2CCN(c3cccc(Cl)c3)CC2)C1=O. The van der Waals surface area contributed by atoms with E-state index in [9.17, 15) is 14.4 Å². The second-order valence-corrected chi connectivity index (χ2v) is 7.07. The van der Waals surface area contributed by atoms with Crippen LogP contribution in [0.4, 0.5) is 10.5 Å². The minimum absolute atomic E-state index is 0.0724. The molecular formula is C18H23ClN4O3. The first-order chi connectivity index (χ1) is 12.5. The average molecular weight is 379 g/mol. The third-order valence-corrected chi connectivity index (χ3v) is 5.04. The normalized spacial score (nSPS) is 18.1. The Hall–Kier alpha value is -2.28. The lowest BCUT2D eigenvalue weighted by molar-refractivity contribution is -0.132. The van der Waals surface area contributed by atoms with Gasteiger partial charge in [-0.3, -0.25) is 14.5 Å². The van der Waals surface area contributed by atoms with Crippen molar-refractivity contribution < 1.29 is 14.4 Å². The van der Waals surface area contributed by atoms with Crippen LogP contribution in [0, 0.1) is 0 Å². The van der Waals surface area contributed by atoms with Gasteiger partial charge in [-0.1, -0.05) is 17.7 Å². The van der Waals surface area contributed by atoms with Gasteiger partial charge in [-0.15, -0.1) is 0 Å². The predicted octanol–water partition coefficient (Wildman–Crippen LogP) is 1.66. The third-order valence-electron chi connectivity index (χ3n) is 4.81. The molecule has 0 unspecified atom stereocenters. The summed E-state index contributed by atoms with van der Waals surface area (Å²) in [7, 11) is 1.60. The minimum Gasteiger partial charge on any atom is -0.368 e. The summed E-state index contributed by atoms with van der Waals surface area (Å²) in [5.74, 6) is -0.122. The van der Waals surface area contributed by atoms with E-state index >= 15 is 0 Å². The fourth-order valence-electron chi connectivity index (χ4n) is 3.32. The molecule has 0 atom stereocenters. The van der Waals surface area contributed by atoms with Gasteiger partial charge < -0.3 is 14.7 Å². The van der Waals surface area contributed by atoms with Gasteiger partial charge in [0, 0.05) is 56.9 Å². The first-order valence-corrected chi connectivity index (χ1v) is 9.17. The van der Waals surface area contributed by atoms with E-state index in [2.05, 4.69) is 4.90 Å². The summed E-state index contributed by atoms with van der Waals surface area (Å²) in [5.41, 5.74) is 1.07. The number of piperazine rings is 1. The van der Waals surface area contributed by atoms with E-state index in [1.54, 1.807) is 7.05 Å². The summed E-state index contributed by atoms with van der Waals surface area (Å²) in [5, 5.41) is 0.706. The molecule has 26 heavy (non-hydrogen) atoms. The van der Waals surface area contributed by atoms with Crippen LogP contribution in [0.3, 0.4) is 0 Å². The number of urea groups is 1. The van der Waals surface area contributed by atoms with Gasteiger partial charge in [0.15, 0.2) is 0 Å². The Labute approximate surface area is 158 Å². The number of carbonyl (C=O) groups is 3. The van der Waals surface area contributed by atoms with Crippen LogP contribution < -0.4 is 4.90 Å². The number of nitrogens with zero attached hydrogens (tertiary/aromatic N) is 4. The minimum atomic E-state index is -0.280. The standard InChI is InChI=1S/C18H23ClN4O3/c1-20-13-17(25)23(18(20)26)7-3-6-16(24)22-10-8-21(9-11-22)15-5-2-4-14(19)12-15/h2,4-5,12H,3,6-11,13H2,1H3. The molecule has 2 fully saturated rings. The molecule has 2 aliphatic heterocycles. The molecular weight excluding hydrogens is 356 g/mol. The second kappa shape index (κ2) is 7.95. The Kier molecular flexibility index (Phi) is 5.66. The van der Waals surface area contributed by atoms with Gasteiger partial charge in [0.2, 0.25) is 11.8 Å². The zero-order valence-electron chi connectivity index (χ0n) is 14.9. The van der Waals surface area contributed by atoms with Crippen LogP contribution in [0.15, 0.2) is 24.3 Å². The molecule has 2 heterocycles. The Morgan fingerprint density at radius 3 is 2.50 bits per heavy atom. The first kappa shape index (κ1) is 18.5. The predicted molar refractivity (Wildman–Crippen MR) is 99.2 cm³/mol. The van der Waals surface area contributed by atoms with Crippen molar-refractivity contribution in [3.05, 3.63) is 29.3 Å². The van der Waals surface area contributed by atoms with Crippen molar-refractivity contribution in [2.45, 2.75) is 12.8 Å². The summed E-state index contributed by atoms with van der Waals surface area (Å²) in [4.78, 5) is 42.6. The number of hydrogen-bond donors (Lipinski definition) is 0. The van der Waals surface area contributed by atoms with Crippen LogP contribution in [0.1, 0.15) is 12.8 Å². The van der Waals surface area contributed by atoms with Crippen molar-refractivity contribution in [2.24, 2.45) is 0 Å². The van der Waals surface area contributed by atoms with Crippen LogP contribution in [-0.2, 0) is 9.59 Å². The molecule has 8 heteroatoms. The number of anilines is 1. The molecule has 1 aromatic rings. The van der Waals surface area contributed by atoms with Crippen molar-refractivity contribution in [2.75, 3.05) is 51.2 Å². The number of imide groups is 1. The van der Waals surface area contributed by atoms with Crippen molar-refractivity contribution in [3.63, 3.8) is 0 Å². The molecule has 7 nitrogen and oxygen atoms in total. The van der Waals surface area contributed by atoms with E-state index in [1.807, 2.05) is 29.2 Å². The van der Waals surface area contributed by atoms with Crippen molar-refractivity contribution in [3.8, 4) is 0 Å². The van der Waals surface area contributed by atoms with Crippen molar-refractivity contribution in [1.29, 1.82) is 0 Å². The lowest BCUT2D eigenvalue weighted by Crippen LogP contribution is -2.48. The topological polar surface area (TPSA) is 64.2 Å². The molecule has 4 amide bonds. The Balaban J connectivity index is 1.43. The van der Waals surface area contributed by atoms with Gasteiger partial charge in [0.05, 0.1) is 0 Å². The largest absolute Gasteiger partial charge is 0.368 e. The molecule has 0 saturated carbocycles. The quantitative estimate of drug-likeness (QED) is 0.731. The maximum atomic E-state index is 12.4. The molecule has 3 rings (SSSR count). The van der Waals surface area contributed by atoms with Crippen LogP contribution in [0.2, 0.25) is 5.02 Å². The molecule has 2 aliphatic rings. The fraction of sp³-hybridized carbons (Fsp3) is 0.500. The molecule has 2 saturated heterocycles. The van der Waals surface area contributed by atoms with Gasteiger partial charge >= 0.3 is 6.03 Å². The van der Waals surface area contributed by atoms with Gasteiger partial charge in [0.25, 0.3) is 0 Å². The highest BCUT2D eigenvalue weighted by Crippen LogP contribution is 2.21. The van der Waals surface area contributed by atoms with E-state index in [1.165, 1.54) is 9.80 Å². The zero-order chi connectivity index (χ0) is 18.7. The van der Waals surface area contributed by atoms with Crippen LogP contribution in [-0.4, -0.2) is 78.9 Å². The molecule has 140 valence electrons. The summed E-state index contributed by atoms with van der Waals surface area (Å²) < 4.78 is 0. The summed E-state index contributed by atoms with van der Waals surface area (Å²) in [6.07, 6.45) is 0.844. The average Bonchev–Trinajstić information content (AvgIpc) is 2.88. The smallest absolute Gasteiger partial charge is 0.326 e. The van der Waals surface area contributed by atoms with Crippen molar-refractivity contribution >= 4 is 35.1 Å². The van der Waals surface area contributed by atoms with E-state index in [0.717, 1.165) is 18.8 Å². The van der Waals surface area contributed by atoms with Gasteiger partial charge in [-0.25, -0.2) is 4.79 Å². The lowest BCUT2D eigenvalue weighted by atomic mass is 10.2. The van der Waals surface area contributed by atoms with E-state index < -0.39 is 0 Å². The Morgan fingerprint density at radius 1 is 1.15 bits per heavy atom. The number of rotatable bonds is 5. The highest BCUT2D eigenvalue weighted by molar-refractivity contribution is 6.30. The Morgan fingerprint density at radius 2 is 1.88 bits per heavy atom. The second-order valence-electron chi connectivity index (χ2n) is 6.64. The van der Waals surface area contributed by atoms with Gasteiger partial charge in [0.1, 0.15) is 6.54 Å². The fourth-order valence-corrected chi connectivity index (χ4v) is 3.51. The Bertz CT molecular complexity index is 703. The van der Waals surface area contributed by atoms with Crippen LogP contribution in [0.5, 0.6) is 0 Å². The monoisotopic (exact) mass is 378 g/mol. The molecule has 0 aromatic heterocycles. The molecule has 0 bridgehead atoms. The first-order valence-electron chi connectivity index (χ1n) is 8.79. The summed E-state index contributed by atoms with van der Waals surface area (Å²) >= 11 is 6.04. The number of amides is 4. The third kappa shape index (κ3) is 4.09. The molecule has 0 radical (unpaired) electrons. The maximum Gasteiger partial charge on any atom is 0.326 e. The number of carbonyl (C=O) groups excluding carboxylic acids is 3. The lowest BCUT2D eigenvalue weighted by Gasteiger charge is -2.36. The number of likely N-dealkylation sites (N-methyl/N-ethyl adjacent to an activating group) is 1. The maximum absolute atomic E-state index is 12.4. The van der Waals surface area contributed by atoms with E-state index in [4.69, 9.17) is 11.6 Å². The van der Waals surface area contributed by atoms with E-state index in [0.29, 0.717) is 37.5 Å². The summed E-state index contributed by atoms with van der Waals surface area (Å²) in [6, 6.07) is 7.44. The van der Waals surface area contributed by atoms with Gasteiger partial charge in [-0.05, 0) is 24.6 Å². The molecule has 0 N–H and O–H groups in total. The van der Waals surface area contributed by atoms with Crippen LogP contribution >= 0.6 is 11.6 Å². The summed E-state index contributed by atoms with van der Waals surface area (Å²) in [6.45, 7) is 3.28. The van der Waals surface area contributed by atoms with Gasteiger partial charge in [-0.2, -0.15) is 0 Å². The molecule has 0 spiro atoms. The zero-order valence-corrected chi connectivity index (χ0v) is 15.6. The molecule has 1 aromatic carbocycles. The highest BCUT2D eigenvalue weighted by Gasteiger charge is 2.33. The van der Waals surface area contributed by atoms with E-state index in [-0.39, 0.29) is 24.4 Å². The van der Waals surface area contributed by atoms with Crippen LogP contribution in [0.25, 0.3) is 0 Å². The number of halogens is 1. The highest BCUT2D eigenvalue weighted by atomic mass is 35.5. The number of benzene rings is 1.